The van der Waals surface area contributed by atoms with Gasteiger partial charge in [0.25, 0.3) is 0 Å². The van der Waals surface area contributed by atoms with E-state index >= 15 is 0 Å². The largest absolute Gasteiger partial charge is 0.478 e. The van der Waals surface area contributed by atoms with Gasteiger partial charge in [0.2, 0.25) is 5.91 Å². The molecular formula is C15H20N2O3. The summed E-state index contributed by atoms with van der Waals surface area (Å²) in [5, 5.41) is 11.9. The summed E-state index contributed by atoms with van der Waals surface area (Å²) in [6.07, 6.45) is 3.92. The second kappa shape index (κ2) is 6.52. The SMILES string of the molecule is NCC1CCCCC1C(=O)Nc1ccccc1C(=O)O. The second-order valence-corrected chi connectivity index (χ2v) is 5.23. The van der Waals surface area contributed by atoms with Gasteiger partial charge in [-0.2, -0.15) is 0 Å². The summed E-state index contributed by atoms with van der Waals surface area (Å²) in [5.74, 6) is -1.08. The molecule has 1 aliphatic rings. The van der Waals surface area contributed by atoms with Gasteiger partial charge in [-0.05, 0) is 37.4 Å². The maximum absolute atomic E-state index is 12.4. The molecule has 5 heteroatoms. The molecule has 4 N–H and O–H groups in total. The number of benzene rings is 1. The van der Waals surface area contributed by atoms with E-state index in [1.54, 1.807) is 18.2 Å². The summed E-state index contributed by atoms with van der Waals surface area (Å²) in [4.78, 5) is 23.5. The fourth-order valence-electron chi connectivity index (χ4n) is 2.84. The molecule has 1 saturated carbocycles. The molecular weight excluding hydrogens is 256 g/mol. The van der Waals surface area contributed by atoms with E-state index in [4.69, 9.17) is 10.8 Å². The average molecular weight is 276 g/mol. The van der Waals surface area contributed by atoms with Crippen molar-refractivity contribution in [3.8, 4) is 0 Å². The smallest absolute Gasteiger partial charge is 0.337 e. The molecule has 1 aromatic carbocycles. The van der Waals surface area contributed by atoms with E-state index in [1.165, 1.54) is 6.07 Å². The minimum absolute atomic E-state index is 0.112. The quantitative estimate of drug-likeness (QED) is 0.785. The summed E-state index contributed by atoms with van der Waals surface area (Å²) in [6, 6.07) is 6.45. The lowest BCUT2D eigenvalue weighted by molar-refractivity contribution is -0.122. The van der Waals surface area contributed by atoms with Crippen LogP contribution in [0.5, 0.6) is 0 Å². The van der Waals surface area contributed by atoms with E-state index in [0.29, 0.717) is 12.2 Å². The number of hydrogen-bond donors (Lipinski definition) is 3. The molecule has 0 heterocycles. The van der Waals surface area contributed by atoms with Gasteiger partial charge in [-0.1, -0.05) is 25.0 Å². The van der Waals surface area contributed by atoms with Crippen LogP contribution in [0.15, 0.2) is 24.3 Å². The molecule has 0 radical (unpaired) electrons. The second-order valence-electron chi connectivity index (χ2n) is 5.23. The maximum atomic E-state index is 12.4. The van der Waals surface area contributed by atoms with E-state index in [9.17, 15) is 9.59 Å². The van der Waals surface area contributed by atoms with Crippen LogP contribution in [0.25, 0.3) is 0 Å². The summed E-state index contributed by atoms with van der Waals surface area (Å²) < 4.78 is 0. The Hall–Kier alpha value is -1.88. The summed E-state index contributed by atoms with van der Waals surface area (Å²) >= 11 is 0. The number of nitrogens with one attached hydrogen (secondary N) is 1. The van der Waals surface area contributed by atoms with Crippen molar-refractivity contribution in [2.75, 3.05) is 11.9 Å². The van der Waals surface area contributed by atoms with Crippen molar-refractivity contribution in [1.82, 2.24) is 0 Å². The number of anilines is 1. The number of aromatic carboxylic acids is 1. The molecule has 20 heavy (non-hydrogen) atoms. The standard InChI is InChI=1S/C15H20N2O3/c16-9-10-5-1-2-6-11(10)14(18)17-13-8-4-3-7-12(13)15(19)20/h3-4,7-8,10-11H,1-2,5-6,9,16H2,(H,17,18)(H,19,20). The van der Waals surface area contributed by atoms with E-state index in [-0.39, 0.29) is 23.3 Å². The van der Waals surface area contributed by atoms with Crippen LogP contribution in [0.4, 0.5) is 5.69 Å². The van der Waals surface area contributed by atoms with Gasteiger partial charge < -0.3 is 16.2 Å². The third-order valence-electron chi connectivity index (χ3n) is 3.96. The molecule has 1 aliphatic carbocycles. The zero-order valence-electron chi connectivity index (χ0n) is 11.3. The van der Waals surface area contributed by atoms with Crippen molar-refractivity contribution in [1.29, 1.82) is 0 Å². The van der Waals surface area contributed by atoms with Gasteiger partial charge in [-0.15, -0.1) is 0 Å². The van der Waals surface area contributed by atoms with Crippen LogP contribution in [0.3, 0.4) is 0 Å². The van der Waals surface area contributed by atoms with Gasteiger partial charge in [-0.3, -0.25) is 4.79 Å². The predicted molar refractivity (Wildman–Crippen MR) is 76.5 cm³/mol. The fourth-order valence-corrected chi connectivity index (χ4v) is 2.84. The Balaban J connectivity index is 2.13. The van der Waals surface area contributed by atoms with Crippen molar-refractivity contribution in [2.45, 2.75) is 25.7 Å². The minimum Gasteiger partial charge on any atom is -0.478 e. The minimum atomic E-state index is -1.04. The summed E-state index contributed by atoms with van der Waals surface area (Å²) in [5.41, 5.74) is 6.19. The van der Waals surface area contributed by atoms with Crippen LogP contribution >= 0.6 is 0 Å². The molecule has 0 aliphatic heterocycles. The number of para-hydroxylation sites is 1. The van der Waals surface area contributed by atoms with Crippen molar-refractivity contribution in [3.05, 3.63) is 29.8 Å². The highest BCUT2D eigenvalue weighted by atomic mass is 16.4. The first-order chi connectivity index (χ1) is 9.63. The number of amides is 1. The number of rotatable bonds is 4. The molecule has 2 unspecified atom stereocenters. The van der Waals surface area contributed by atoms with Gasteiger partial charge in [0, 0.05) is 5.92 Å². The first kappa shape index (κ1) is 14.5. The normalized spacial score (nSPS) is 22.2. The Morgan fingerprint density at radius 2 is 1.95 bits per heavy atom. The lowest BCUT2D eigenvalue weighted by Gasteiger charge is -2.29. The predicted octanol–water partition coefficient (Wildman–Crippen LogP) is 2.09. The van der Waals surface area contributed by atoms with Crippen molar-refractivity contribution < 1.29 is 14.7 Å². The number of carboxylic acids is 1. The molecule has 2 atom stereocenters. The first-order valence-electron chi connectivity index (χ1n) is 6.96. The Morgan fingerprint density at radius 1 is 1.25 bits per heavy atom. The molecule has 0 aromatic heterocycles. The molecule has 0 spiro atoms. The maximum Gasteiger partial charge on any atom is 0.337 e. The first-order valence-corrected chi connectivity index (χ1v) is 6.96. The van der Waals surface area contributed by atoms with Gasteiger partial charge in [-0.25, -0.2) is 4.79 Å². The summed E-state index contributed by atoms with van der Waals surface area (Å²) in [6.45, 7) is 0.499. The topological polar surface area (TPSA) is 92.4 Å². The molecule has 1 fully saturated rings. The van der Waals surface area contributed by atoms with Crippen molar-refractivity contribution in [3.63, 3.8) is 0 Å². The highest BCUT2D eigenvalue weighted by molar-refractivity contribution is 6.01. The Labute approximate surface area is 118 Å². The van der Waals surface area contributed by atoms with E-state index in [1.807, 2.05) is 0 Å². The number of nitrogens with two attached hydrogens (primary N) is 1. The zero-order chi connectivity index (χ0) is 14.5. The van der Waals surface area contributed by atoms with E-state index < -0.39 is 5.97 Å². The van der Waals surface area contributed by atoms with Crippen molar-refractivity contribution in [2.24, 2.45) is 17.6 Å². The molecule has 1 aromatic rings. The van der Waals surface area contributed by atoms with Gasteiger partial charge in [0.15, 0.2) is 0 Å². The van der Waals surface area contributed by atoms with Crippen LogP contribution in [0.2, 0.25) is 0 Å². The van der Waals surface area contributed by atoms with Crippen LogP contribution < -0.4 is 11.1 Å². The van der Waals surface area contributed by atoms with Crippen LogP contribution in [-0.2, 0) is 4.79 Å². The number of carboxylic acid groups (broad SMARTS) is 1. The van der Waals surface area contributed by atoms with E-state index in [0.717, 1.165) is 25.7 Å². The van der Waals surface area contributed by atoms with Crippen LogP contribution in [-0.4, -0.2) is 23.5 Å². The van der Waals surface area contributed by atoms with E-state index in [2.05, 4.69) is 5.32 Å². The lowest BCUT2D eigenvalue weighted by atomic mass is 9.78. The monoisotopic (exact) mass is 276 g/mol. The Bertz CT molecular complexity index is 502. The van der Waals surface area contributed by atoms with Crippen LogP contribution in [0.1, 0.15) is 36.0 Å². The highest BCUT2D eigenvalue weighted by Crippen LogP contribution is 2.30. The van der Waals surface area contributed by atoms with Gasteiger partial charge >= 0.3 is 5.97 Å². The highest BCUT2D eigenvalue weighted by Gasteiger charge is 2.30. The van der Waals surface area contributed by atoms with Crippen LogP contribution in [0, 0.1) is 11.8 Å². The molecule has 5 nitrogen and oxygen atoms in total. The summed E-state index contributed by atoms with van der Waals surface area (Å²) in [7, 11) is 0. The third kappa shape index (κ3) is 3.17. The Kier molecular flexibility index (Phi) is 4.74. The molecule has 1 amide bonds. The molecule has 0 saturated heterocycles. The third-order valence-corrected chi connectivity index (χ3v) is 3.96. The molecule has 0 bridgehead atoms. The van der Waals surface area contributed by atoms with Crippen molar-refractivity contribution >= 4 is 17.6 Å². The van der Waals surface area contributed by atoms with Gasteiger partial charge in [0.1, 0.15) is 0 Å². The zero-order valence-corrected chi connectivity index (χ0v) is 11.3. The number of carbonyl (C=O) groups is 2. The molecule has 2 rings (SSSR count). The molecule has 108 valence electrons. The number of hydrogen-bond acceptors (Lipinski definition) is 3. The fraction of sp³-hybridized carbons (Fsp3) is 0.467. The number of carbonyl (C=O) groups excluding carboxylic acids is 1. The lowest BCUT2D eigenvalue weighted by Crippen LogP contribution is -2.35. The Morgan fingerprint density at radius 3 is 2.65 bits per heavy atom. The average Bonchev–Trinajstić information content (AvgIpc) is 2.47. The van der Waals surface area contributed by atoms with Gasteiger partial charge in [0.05, 0.1) is 11.3 Å².